The molecule has 1 N–H and O–H groups in total. The van der Waals surface area contributed by atoms with Crippen LogP contribution in [0.25, 0.3) is 0 Å². The lowest BCUT2D eigenvalue weighted by Gasteiger charge is -2.09. The van der Waals surface area contributed by atoms with Crippen molar-refractivity contribution < 1.29 is 8.78 Å². The van der Waals surface area contributed by atoms with Crippen LogP contribution in [0.2, 0.25) is 0 Å². The quantitative estimate of drug-likeness (QED) is 0.918. The van der Waals surface area contributed by atoms with Crippen LogP contribution in [0.3, 0.4) is 0 Å². The van der Waals surface area contributed by atoms with E-state index in [2.05, 4.69) is 21.2 Å². The van der Waals surface area contributed by atoms with Crippen LogP contribution in [0.4, 0.5) is 14.5 Å². The first-order valence-corrected chi connectivity index (χ1v) is 6.27. The van der Waals surface area contributed by atoms with Crippen molar-refractivity contribution in [3.8, 4) is 6.07 Å². The molecule has 2 nitrogen and oxygen atoms in total. The van der Waals surface area contributed by atoms with E-state index < -0.39 is 11.6 Å². The summed E-state index contributed by atoms with van der Waals surface area (Å²) in [4.78, 5) is 0. The second kappa shape index (κ2) is 5.81. The third kappa shape index (κ3) is 3.30. The Bertz CT molecular complexity index is 627. The number of benzene rings is 2. The van der Waals surface area contributed by atoms with Crippen molar-refractivity contribution in [2.45, 2.75) is 6.54 Å². The first-order valence-electron chi connectivity index (χ1n) is 5.47. The largest absolute Gasteiger partial charge is 0.381 e. The van der Waals surface area contributed by atoms with Crippen molar-refractivity contribution in [1.29, 1.82) is 5.26 Å². The molecule has 0 atom stereocenters. The highest BCUT2D eigenvalue weighted by atomic mass is 79.9. The Morgan fingerprint density at radius 1 is 1.16 bits per heavy atom. The summed E-state index contributed by atoms with van der Waals surface area (Å²) in [6.45, 7) is 0.0137. The zero-order chi connectivity index (χ0) is 13.8. The predicted octanol–water partition coefficient (Wildman–Crippen LogP) is 4.21. The van der Waals surface area contributed by atoms with Crippen LogP contribution in [0, 0.1) is 23.0 Å². The zero-order valence-corrected chi connectivity index (χ0v) is 11.3. The van der Waals surface area contributed by atoms with Gasteiger partial charge in [-0.05, 0) is 30.3 Å². The second-order valence-electron chi connectivity index (χ2n) is 3.89. The number of anilines is 1. The van der Waals surface area contributed by atoms with Gasteiger partial charge in [-0.3, -0.25) is 0 Å². The molecule has 0 unspecified atom stereocenters. The fraction of sp³-hybridized carbons (Fsp3) is 0.0714. The standard InChI is InChI=1S/C14H9BrF2N2/c15-10-2-1-3-11(6-10)19-8-12-13(16)4-9(7-18)5-14(12)17/h1-6,19H,8H2. The van der Waals surface area contributed by atoms with Crippen LogP contribution < -0.4 is 5.32 Å². The number of nitriles is 1. The molecule has 0 saturated heterocycles. The first-order chi connectivity index (χ1) is 9.10. The molecule has 0 bridgehead atoms. The third-order valence-corrected chi connectivity index (χ3v) is 3.06. The number of nitrogens with zero attached hydrogens (tertiary/aromatic N) is 1. The molecule has 0 aliphatic heterocycles. The minimum absolute atomic E-state index is 0.0137. The average Bonchev–Trinajstić information content (AvgIpc) is 2.37. The maximum atomic E-state index is 13.6. The molecule has 0 radical (unpaired) electrons. The van der Waals surface area contributed by atoms with Gasteiger partial charge in [0, 0.05) is 22.3 Å². The fourth-order valence-electron chi connectivity index (χ4n) is 1.63. The van der Waals surface area contributed by atoms with Gasteiger partial charge in [0.1, 0.15) is 11.6 Å². The number of halogens is 3. The van der Waals surface area contributed by atoms with Crippen molar-refractivity contribution in [2.75, 3.05) is 5.32 Å². The third-order valence-electron chi connectivity index (χ3n) is 2.56. The maximum Gasteiger partial charge on any atom is 0.132 e. The van der Waals surface area contributed by atoms with Gasteiger partial charge in [-0.2, -0.15) is 5.26 Å². The minimum atomic E-state index is -0.723. The highest BCUT2D eigenvalue weighted by Crippen LogP contribution is 2.19. The SMILES string of the molecule is N#Cc1cc(F)c(CNc2cccc(Br)c2)c(F)c1. The van der Waals surface area contributed by atoms with Gasteiger partial charge in [0.15, 0.2) is 0 Å². The van der Waals surface area contributed by atoms with Gasteiger partial charge in [0.2, 0.25) is 0 Å². The van der Waals surface area contributed by atoms with E-state index in [0.29, 0.717) is 0 Å². The Labute approximate surface area is 117 Å². The molecule has 96 valence electrons. The maximum absolute atomic E-state index is 13.6. The molecule has 0 aliphatic rings. The first kappa shape index (κ1) is 13.5. The van der Waals surface area contributed by atoms with Gasteiger partial charge in [-0.1, -0.05) is 22.0 Å². The van der Waals surface area contributed by atoms with Crippen molar-refractivity contribution in [3.63, 3.8) is 0 Å². The lowest BCUT2D eigenvalue weighted by Crippen LogP contribution is -2.05. The van der Waals surface area contributed by atoms with E-state index in [4.69, 9.17) is 5.26 Å². The summed E-state index contributed by atoms with van der Waals surface area (Å²) in [5.74, 6) is -1.45. The van der Waals surface area contributed by atoms with Gasteiger partial charge < -0.3 is 5.32 Å². The van der Waals surface area contributed by atoms with E-state index in [9.17, 15) is 8.78 Å². The van der Waals surface area contributed by atoms with E-state index in [1.807, 2.05) is 12.1 Å². The molecule has 2 aromatic carbocycles. The normalized spacial score (nSPS) is 10.0. The molecule has 19 heavy (non-hydrogen) atoms. The summed E-state index contributed by atoms with van der Waals surface area (Å²) < 4.78 is 28.2. The van der Waals surface area contributed by atoms with E-state index in [-0.39, 0.29) is 17.7 Å². The number of hydrogen-bond donors (Lipinski definition) is 1. The monoisotopic (exact) mass is 322 g/mol. The van der Waals surface area contributed by atoms with Gasteiger partial charge in [-0.25, -0.2) is 8.78 Å². The number of hydrogen-bond acceptors (Lipinski definition) is 2. The highest BCUT2D eigenvalue weighted by Gasteiger charge is 2.11. The molecule has 0 fully saturated rings. The fourth-order valence-corrected chi connectivity index (χ4v) is 2.02. The number of nitrogens with one attached hydrogen (secondary N) is 1. The smallest absolute Gasteiger partial charge is 0.132 e. The average molecular weight is 323 g/mol. The molecule has 0 heterocycles. The Morgan fingerprint density at radius 3 is 2.42 bits per heavy atom. The summed E-state index contributed by atoms with van der Waals surface area (Å²) >= 11 is 3.31. The Kier molecular flexibility index (Phi) is 4.13. The van der Waals surface area contributed by atoms with Crippen molar-refractivity contribution >= 4 is 21.6 Å². The summed E-state index contributed by atoms with van der Waals surface area (Å²) in [6, 6.07) is 11.0. The van der Waals surface area contributed by atoms with E-state index in [1.54, 1.807) is 18.2 Å². The molecule has 2 aromatic rings. The predicted molar refractivity (Wildman–Crippen MR) is 72.5 cm³/mol. The Balaban J connectivity index is 2.18. The molecule has 0 aromatic heterocycles. The van der Waals surface area contributed by atoms with Crippen LogP contribution in [0.5, 0.6) is 0 Å². The summed E-state index contributed by atoms with van der Waals surface area (Å²) in [7, 11) is 0. The Morgan fingerprint density at radius 2 is 1.84 bits per heavy atom. The molecule has 0 amide bonds. The molecule has 0 aliphatic carbocycles. The molecule has 0 saturated carbocycles. The Hall–Kier alpha value is -1.93. The molecule has 0 spiro atoms. The lowest BCUT2D eigenvalue weighted by molar-refractivity contribution is 0.559. The van der Waals surface area contributed by atoms with Crippen molar-refractivity contribution in [3.05, 3.63) is 63.6 Å². The zero-order valence-electron chi connectivity index (χ0n) is 9.75. The summed E-state index contributed by atoms with van der Waals surface area (Å²) in [5.41, 5.74) is 0.637. The summed E-state index contributed by atoms with van der Waals surface area (Å²) in [6.07, 6.45) is 0. The summed E-state index contributed by atoms with van der Waals surface area (Å²) in [5, 5.41) is 11.5. The van der Waals surface area contributed by atoms with Crippen LogP contribution in [0.1, 0.15) is 11.1 Å². The van der Waals surface area contributed by atoms with Gasteiger partial charge in [0.05, 0.1) is 11.6 Å². The van der Waals surface area contributed by atoms with Crippen molar-refractivity contribution in [1.82, 2.24) is 0 Å². The molecule has 2 rings (SSSR count). The van der Waals surface area contributed by atoms with E-state index in [0.717, 1.165) is 22.3 Å². The van der Waals surface area contributed by atoms with E-state index >= 15 is 0 Å². The highest BCUT2D eigenvalue weighted by molar-refractivity contribution is 9.10. The van der Waals surface area contributed by atoms with Gasteiger partial charge in [0.25, 0.3) is 0 Å². The number of rotatable bonds is 3. The van der Waals surface area contributed by atoms with Gasteiger partial charge >= 0.3 is 0 Å². The molecule has 5 heteroatoms. The molecular weight excluding hydrogens is 314 g/mol. The molecular formula is C14H9BrF2N2. The van der Waals surface area contributed by atoms with Crippen LogP contribution >= 0.6 is 15.9 Å². The van der Waals surface area contributed by atoms with Crippen LogP contribution in [-0.4, -0.2) is 0 Å². The van der Waals surface area contributed by atoms with Crippen molar-refractivity contribution in [2.24, 2.45) is 0 Å². The minimum Gasteiger partial charge on any atom is -0.381 e. The topological polar surface area (TPSA) is 35.8 Å². The van der Waals surface area contributed by atoms with Crippen LogP contribution in [0.15, 0.2) is 40.9 Å². The lowest BCUT2D eigenvalue weighted by atomic mass is 10.1. The van der Waals surface area contributed by atoms with Gasteiger partial charge in [-0.15, -0.1) is 0 Å². The second-order valence-corrected chi connectivity index (χ2v) is 4.81. The van der Waals surface area contributed by atoms with E-state index in [1.165, 1.54) is 0 Å². The van der Waals surface area contributed by atoms with Crippen LogP contribution in [-0.2, 0) is 6.54 Å².